The molecule has 3 nitrogen and oxygen atoms in total. The van der Waals surface area contributed by atoms with Gasteiger partial charge in [0.1, 0.15) is 0 Å². The van der Waals surface area contributed by atoms with E-state index in [0.29, 0.717) is 17.5 Å². The molecule has 236 valence electrons. The smallest absolute Gasteiger partial charge is 0.164 e. The lowest BCUT2D eigenvalue weighted by Gasteiger charge is -2.31. The maximum atomic E-state index is 5.29. The van der Waals surface area contributed by atoms with Crippen LogP contribution >= 0.6 is 0 Å². The fourth-order valence-electron chi connectivity index (χ4n) is 8.83. The second-order valence-corrected chi connectivity index (χ2v) is 13.5. The number of fused-ring (bicyclic) bond motifs is 7. The Hall–Kier alpha value is -6.71. The molecule has 11 rings (SSSR count). The zero-order valence-electron chi connectivity index (χ0n) is 27.6. The molecule has 0 bridgehead atoms. The molecular weight excluding hydrogens is 619 g/mol. The zero-order valence-corrected chi connectivity index (χ0v) is 27.6. The zero-order chi connectivity index (χ0) is 33.5. The maximum absolute atomic E-state index is 5.29. The van der Waals surface area contributed by atoms with Gasteiger partial charge in [-0.2, -0.15) is 0 Å². The second kappa shape index (κ2) is 10.6. The number of hydrogen-bond donors (Lipinski definition) is 0. The number of aromatic nitrogens is 3. The van der Waals surface area contributed by atoms with Gasteiger partial charge >= 0.3 is 0 Å². The molecule has 1 aromatic heterocycles. The molecule has 3 heteroatoms. The molecule has 0 fully saturated rings. The molecule has 2 aliphatic carbocycles. The molecule has 0 unspecified atom stereocenters. The summed E-state index contributed by atoms with van der Waals surface area (Å²) in [4.78, 5) is 15.6. The van der Waals surface area contributed by atoms with E-state index < -0.39 is 5.41 Å². The first-order valence-electron chi connectivity index (χ1n) is 17.5. The van der Waals surface area contributed by atoms with E-state index in [0.717, 1.165) is 27.8 Å². The molecule has 0 N–H and O–H groups in total. The van der Waals surface area contributed by atoms with Crippen molar-refractivity contribution in [2.24, 2.45) is 0 Å². The highest BCUT2D eigenvalue weighted by Crippen LogP contribution is 2.63. The first-order valence-corrected chi connectivity index (χ1v) is 17.5. The van der Waals surface area contributed by atoms with Crippen LogP contribution in [0.25, 0.3) is 78.0 Å². The van der Waals surface area contributed by atoms with Crippen molar-refractivity contribution in [3.8, 4) is 56.4 Å². The van der Waals surface area contributed by atoms with Gasteiger partial charge in [-0.05, 0) is 72.1 Å². The van der Waals surface area contributed by atoms with Crippen LogP contribution in [0.3, 0.4) is 0 Å². The summed E-state index contributed by atoms with van der Waals surface area (Å²) in [5.41, 5.74) is 12.4. The van der Waals surface area contributed by atoms with Gasteiger partial charge in [0.05, 0.1) is 5.41 Å². The van der Waals surface area contributed by atoms with Gasteiger partial charge in [-0.1, -0.05) is 170 Å². The largest absolute Gasteiger partial charge is 0.208 e. The van der Waals surface area contributed by atoms with E-state index in [-0.39, 0.29) is 0 Å². The third kappa shape index (κ3) is 3.92. The predicted molar refractivity (Wildman–Crippen MR) is 207 cm³/mol. The highest BCUT2D eigenvalue weighted by molar-refractivity contribution is 6.17. The van der Waals surface area contributed by atoms with Gasteiger partial charge in [0, 0.05) is 16.7 Å². The Balaban J connectivity index is 1.19. The molecule has 0 radical (unpaired) electrons. The lowest BCUT2D eigenvalue weighted by atomic mass is 9.70. The standard InChI is InChI=1S/C48H29N3/c1-3-13-30(14-4-1)34-19-9-20-35(29-34)46-49-45(33-15-5-2-6-16-33)50-47(51-46)37-22-12-26-41-44(37)36-21-7-8-23-38(36)48(41)39-24-10-17-31-27-28-32-18-11-25-40(48)43(32)42(31)39/h1-29H. The molecular formula is C48H29N3. The molecule has 8 aromatic carbocycles. The predicted octanol–water partition coefficient (Wildman–Crippen LogP) is 11.5. The molecule has 2 aliphatic rings. The van der Waals surface area contributed by atoms with Crippen LogP contribution in [0.5, 0.6) is 0 Å². The van der Waals surface area contributed by atoms with E-state index in [4.69, 9.17) is 15.0 Å². The fraction of sp³-hybridized carbons (Fsp3) is 0.0208. The van der Waals surface area contributed by atoms with E-state index in [2.05, 4.69) is 152 Å². The summed E-state index contributed by atoms with van der Waals surface area (Å²) < 4.78 is 0. The van der Waals surface area contributed by atoms with Crippen molar-refractivity contribution in [1.29, 1.82) is 0 Å². The Bertz CT molecular complexity index is 2790. The van der Waals surface area contributed by atoms with E-state index in [1.165, 1.54) is 54.9 Å². The number of benzene rings is 8. The van der Waals surface area contributed by atoms with Gasteiger partial charge in [-0.3, -0.25) is 0 Å². The summed E-state index contributed by atoms with van der Waals surface area (Å²) in [5.74, 6) is 1.97. The van der Waals surface area contributed by atoms with Gasteiger partial charge in [-0.25, -0.2) is 15.0 Å². The molecule has 1 spiro atoms. The third-order valence-electron chi connectivity index (χ3n) is 10.9. The van der Waals surface area contributed by atoms with Crippen molar-refractivity contribution in [3.63, 3.8) is 0 Å². The van der Waals surface area contributed by atoms with Crippen LogP contribution in [-0.4, -0.2) is 15.0 Å². The quantitative estimate of drug-likeness (QED) is 0.178. The SMILES string of the molecule is c1ccc(-c2cccc(-c3nc(-c4ccccc4)nc(-c4cccc5c4-c4ccccc4C54c5cccc6ccc7cccc4c7c56)n3)c2)cc1. The lowest BCUT2D eigenvalue weighted by Crippen LogP contribution is -2.26. The topological polar surface area (TPSA) is 38.7 Å². The molecule has 0 amide bonds. The molecule has 0 saturated carbocycles. The monoisotopic (exact) mass is 647 g/mol. The van der Waals surface area contributed by atoms with E-state index in [9.17, 15) is 0 Å². The van der Waals surface area contributed by atoms with Gasteiger partial charge in [0.25, 0.3) is 0 Å². The number of rotatable bonds is 4. The van der Waals surface area contributed by atoms with E-state index in [1.807, 2.05) is 24.3 Å². The minimum Gasteiger partial charge on any atom is -0.208 e. The highest BCUT2D eigenvalue weighted by atomic mass is 15.0. The van der Waals surface area contributed by atoms with E-state index >= 15 is 0 Å². The Morgan fingerprint density at radius 1 is 0.314 bits per heavy atom. The van der Waals surface area contributed by atoms with Crippen molar-refractivity contribution in [3.05, 3.63) is 198 Å². The maximum Gasteiger partial charge on any atom is 0.164 e. The Morgan fingerprint density at radius 2 is 0.804 bits per heavy atom. The second-order valence-electron chi connectivity index (χ2n) is 13.5. The minimum absolute atomic E-state index is 0.452. The van der Waals surface area contributed by atoms with Crippen LogP contribution < -0.4 is 0 Å². The highest BCUT2D eigenvalue weighted by Gasteiger charge is 2.51. The van der Waals surface area contributed by atoms with Crippen LogP contribution in [0.4, 0.5) is 0 Å². The number of hydrogen-bond acceptors (Lipinski definition) is 3. The van der Waals surface area contributed by atoms with Crippen LogP contribution in [0.15, 0.2) is 176 Å². The van der Waals surface area contributed by atoms with Crippen molar-refractivity contribution >= 4 is 21.5 Å². The average molecular weight is 648 g/mol. The van der Waals surface area contributed by atoms with Crippen molar-refractivity contribution in [2.45, 2.75) is 5.41 Å². The molecule has 0 atom stereocenters. The van der Waals surface area contributed by atoms with Gasteiger partial charge in [0.15, 0.2) is 17.5 Å². The Morgan fingerprint density at radius 3 is 1.53 bits per heavy atom. The average Bonchev–Trinajstić information content (AvgIpc) is 3.69. The summed E-state index contributed by atoms with van der Waals surface area (Å²) in [5, 5.41) is 5.26. The number of nitrogens with zero attached hydrogens (tertiary/aromatic N) is 3. The lowest BCUT2D eigenvalue weighted by molar-refractivity contribution is 0.797. The Labute approximate surface area is 295 Å². The fourth-order valence-corrected chi connectivity index (χ4v) is 8.83. The summed E-state index contributed by atoms with van der Waals surface area (Å²) in [6.45, 7) is 0. The van der Waals surface area contributed by atoms with Gasteiger partial charge in [-0.15, -0.1) is 0 Å². The summed E-state index contributed by atoms with van der Waals surface area (Å²) in [6.07, 6.45) is 0. The summed E-state index contributed by atoms with van der Waals surface area (Å²) in [7, 11) is 0. The summed E-state index contributed by atoms with van der Waals surface area (Å²) >= 11 is 0. The van der Waals surface area contributed by atoms with Crippen LogP contribution in [0.1, 0.15) is 22.3 Å². The van der Waals surface area contributed by atoms with Crippen molar-refractivity contribution < 1.29 is 0 Å². The Kier molecular flexibility index (Phi) is 5.88. The third-order valence-corrected chi connectivity index (χ3v) is 10.9. The van der Waals surface area contributed by atoms with E-state index in [1.54, 1.807) is 0 Å². The summed E-state index contributed by atoms with van der Waals surface area (Å²) in [6, 6.07) is 63.0. The first kappa shape index (κ1) is 28.2. The molecule has 0 aliphatic heterocycles. The van der Waals surface area contributed by atoms with Gasteiger partial charge < -0.3 is 0 Å². The van der Waals surface area contributed by atoms with Crippen molar-refractivity contribution in [1.82, 2.24) is 15.0 Å². The minimum atomic E-state index is -0.452. The van der Waals surface area contributed by atoms with Crippen LogP contribution in [-0.2, 0) is 5.41 Å². The van der Waals surface area contributed by atoms with Crippen LogP contribution in [0, 0.1) is 0 Å². The molecule has 1 heterocycles. The molecule has 0 saturated heterocycles. The first-order chi connectivity index (χ1) is 25.3. The van der Waals surface area contributed by atoms with Crippen LogP contribution in [0.2, 0.25) is 0 Å². The molecule has 9 aromatic rings. The van der Waals surface area contributed by atoms with Crippen molar-refractivity contribution in [2.75, 3.05) is 0 Å². The normalized spacial score (nSPS) is 13.3. The van der Waals surface area contributed by atoms with Gasteiger partial charge in [0.2, 0.25) is 0 Å². The molecule has 51 heavy (non-hydrogen) atoms.